The lowest BCUT2D eigenvalue weighted by atomic mass is 9.98. The number of hydrogen-bond donors (Lipinski definition) is 2. The lowest BCUT2D eigenvalue weighted by Crippen LogP contribution is -2.35. The topological polar surface area (TPSA) is 65.5 Å². The Morgan fingerprint density at radius 3 is 2.95 bits per heavy atom. The van der Waals surface area contributed by atoms with Crippen LogP contribution in [0.1, 0.15) is 26.2 Å². The van der Waals surface area contributed by atoms with Gasteiger partial charge in [0.15, 0.2) is 5.82 Å². The van der Waals surface area contributed by atoms with Crippen molar-refractivity contribution in [1.82, 2.24) is 9.88 Å². The molecule has 1 atom stereocenters. The second kappa shape index (κ2) is 6.92. The SMILES string of the molecule is CC1(O)CCCN(CC(=O)Nc2ncc(Cl)cc2Cl)CC1. The molecule has 0 aromatic carbocycles. The molecule has 2 heterocycles. The van der Waals surface area contributed by atoms with E-state index in [1.807, 2.05) is 11.8 Å². The maximum absolute atomic E-state index is 12.0. The highest BCUT2D eigenvalue weighted by molar-refractivity contribution is 6.36. The maximum atomic E-state index is 12.0. The number of carbonyl (C=O) groups excluding carboxylic acids is 1. The molecule has 1 aliphatic rings. The molecule has 0 radical (unpaired) electrons. The molecule has 0 aliphatic carbocycles. The molecule has 116 valence electrons. The summed E-state index contributed by atoms with van der Waals surface area (Å²) in [7, 11) is 0. The first-order chi connectivity index (χ1) is 9.85. The van der Waals surface area contributed by atoms with Crippen LogP contribution in [0.15, 0.2) is 12.3 Å². The third kappa shape index (κ3) is 5.11. The summed E-state index contributed by atoms with van der Waals surface area (Å²) in [4.78, 5) is 18.1. The first-order valence-corrected chi connectivity index (χ1v) is 7.67. The zero-order valence-electron chi connectivity index (χ0n) is 11.9. The van der Waals surface area contributed by atoms with Crippen LogP contribution in [0.5, 0.6) is 0 Å². The van der Waals surface area contributed by atoms with E-state index in [0.29, 0.717) is 28.8 Å². The van der Waals surface area contributed by atoms with E-state index in [2.05, 4.69) is 10.3 Å². The standard InChI is InChI=1S/C14H19Cl2N3O2/c1-14(21)3-2-5-19(6-4-14)9-12(20)18-13-11(16)7-10(15)8-17-13/h7-8,21H,2-6,9H2,1H3,(H,17,18,20). The highest BCUT2D eigenvalue weighted by Crippen LogP contribution is 2.23. The van der Waals surface area contributed by atoms with Crippen molar-refractivity contribution in [3.05, 3.63) is 22.3 Å². The van der Waals surface area contributed by atoms with Crippen molar-refractivity contribution in [2.75, 3.05) is 25.0 Å². The third-order valence-corrected chi connectivity index (χ3v) is 4.08. The van der Waals surface area contributed by atoms with Crippen LogP contribution in [0.25, 0.3) is 0 Å². The molecule has 1 saturated heterocycles. The smallest absolute Gasteiger partial charge is 0.239 e. The van der Waals surface area contributed by atoms with Gasteiger partial charge in [-0.25, -0.2) is 4.98 Å². The van der Waals surface area contributed by atoms with Crippen LogP contribution in [0.3, 0.4) is 0 Å². The van der Waals surface area contributed by atoms with E-state index in [4.69, 9.17) is 23.2 Å². The van der Waals surface area contributed by atoms with Crippen molar-refractivity contribution < 1.29 is 9.90 Å². The molecule has 1 fully saturated rings. The molecule has 7 heteroatoms. The molecule has 1 aromatic rings. The van der Waals surface area contributed by atoms with Crippen LogP contribution in [-0.4, -0.2) is 46.1 Å². The zero-order valence-corrected chi connectivity index (χ0v) is 13.4. The van der Waals surface area contributed by atoms with Crippen LogP contribution < -0.4 is 5.32 Å². The summed E-state index contributed by atoms with van der Waals surface area (Å²) < 4.78 is 0. The van der Waals surface area contributed by atoms with E-state index in [0.717, 1.165) is 19.4 Å². The number of pyridine rings is 1. The fourth-order valence-electron chi connectivity index (χ4n) is 2.36. The van der Waals surface area contributed by atoms with Crippen molar-refractivity contribution in [1.29, 1.82) is 0 Å². The number of carbonyl (C=O) groups is 1. The van der Waals surface area contributed by atoms with E-state index in [1.54, 1.807) is 0 Å². The summed E-state index contributed by atoms with van der Waals surface area (Å²) in [6, 6.07) is 1.54. The Hall–Kier alpha value is -0.880. The number of nitrogens with one attached hydrogen (secondary N) is 1. The number of rotatable bonds is 3. The lowest BCUT2D eigenvalue weighted by molar-refractivity contribution is -0.117. The molecular weight excluding hydrogens is 313 g/mol. The molecule has 2 N–H and O–H groups in total. The Bertz CT molecular complexity index is 523. The van der Waals surface area contributed by atoms with Crippen LogP contribution in [0.2, 0.25) is 10.0 Å². The Kier molecular flexibility index (Phi) is 5.43. The Labute approximate surface area is 134 Å². The highest BCUT2D eigenvalue weighted by atomic mass is 35.5. The van der Waals surface area contributed by atoms with Gasteiger partial charge in [-0.3, -0.25) is 9.69 Å². The Morgan fingerprint density at radius 1 is 1.48 bits per heavy atom. The van der Waals surface area contributed by atoms with Crippen molar-refractivity contribution in [2.45, 2.75) is 31.8 Å². The number of anilines is 1. The maximum Gasteiger partial charge on any atom is 0.239 e. The number of likely N-dealkylation sites (tertiary alicyclic amines) is 1. The summed E-state index contributed by atoms with van der Waals surface area (Å²) >= 11 is 11.7. The van der Waals surface area contributed by atoms with Gasteiger partial charge in [-0.05, 0) is 38.8 Å². The third-order valence-electron chi connectivity index (χ3n) is 3.59. The van der Waals surface area contributed by atoms with Crippen LogP contribution in [0.4, 0.5) is 5.82 Å². The van der Waals surface area contributed by atoms with E-state index < -0.39 is 5.60 Å². The normalized spacial score (nSPS) is 23.6. The minimum absolute atomic E-state index is 0.173. The zero-order chi connectivity index (χ0) is 15.5. The van der Waals surface area contributed by atoms with Gasteiger partial charge < -0.3 is 10.4 Å². The van der Waals surface area contributed by atoms with Crippen molar-refractivity contribution >= 4 is 34.9 Å². The number of amides is 1. The van der Waals surface area contributed by atoms with Gasteiger partial charge >= 0.3 is 0 Å². The van der Waals surface area contributed by atoms with Crippen LogP contribution in [-0.2, 0) is 4.79 Å². The van der Waals surface area contributed by atoms with Crippen LogP contribution in [0, 0.1) is 0 Å². The Morgan fingerprint density at radius 2 is 2.24 bits per heavy atom. The number of aliphatic hydroxyl groups is 1. The fourth-order valence-corrected chi connectivity index (χ4v) is 2.79. The molecular formula is C14H19Cl2N3O2. The quantitative estimate of drug-likeness (QED) is 0.893. The molecule has 0 saturated carbocycles. The lowest BCUT2D eigenvalue weighted by Gasteiger charge is -2.22. The predicted molar refractivity (Wildman–Crippen MR) is 83.8 cm³/mol. The molecule has 0 bridgehead atoms. The first kappa shape index (κ1) is 16.5. The summed E-state index contributed by atoms with van der Waals surface area (Å²) in [5.74, 6) is 0.140. The predicted octanol–water partition coefficient (Wildman–Crippen LogP) is 2.56. The van der Waals surface area contributed by atoms with Gasteiger partial charge in [-0.1, -0.05) is 23.2 Å². The van der Waals surface area contributed by atoms with E-state index in [9.17, 15) is 9.90 Å². The van der Waals surface area contributed by atoms with E-state index in [-0.39, 0.29) is 12.5 Å². The summed E-state index contributed by atoms with van der Waals surface area (Å²) in [6.07, 6.45) is 3.74. The van der Waals surface area contributed by atoms with Gasteiger partial charge in [-0.2, -0.15) is 0 Å². The Balaban J connectivity index is 1.89. The largest absolute Gasteiger partial charge is 0.390 e. The van der Waals surface area contributed by atoms with Crippen molar-refractivity contribution in [3.63, 3.8) is 0 Å². The second-order valence-corrected chi connectivity index (χ2v) is 6.50. The minimum atomic E-state index is -0.633. The molecule has 21 heavy (non-hydrogen) atoms. The van der Waals surface area contributed by atoms with Gasteiger partial charge in [0.2, 0.25) is 5.91 Å². The molecule has 1 aliphatic heterocycles. The summed E-state index contributed by atoms with van der Waals surface area (Å²) in [5, 5.41) is 13.5. The summed E-state index contributed by atoms with van der Waals surface area (Å²) in [5.41, 5.74) is -0.633. The van der Waals surface area contributed by atoms with E-state index >= 15 is 0 Å². The molecule has 1 amide bonds. The molecule has 0 spiro atoms. The van der Waals surface area contributed by atoms with E-state index in [1.165, 1.54) is 12.3 Å². The fraction of sp³-hybridized carbons (Fsp3) is 0.571. The summed E-state index contributed by atoms with van der Waals surface area (Å²) in [6.45, 7) is 3.60. The highest BCUT2D eigenvalue weighted by Gasteiger charge is 2.25. The number of halogens is 2. The van der Waals surface area contributed by atoms with Crippen molar-refractivity contribution in [3.8, 4) is 0 Å². The molecule has 1 aromatic heterocycles. The first-order valence-electron chi connectivity index (χ1n) is 6.91. The molecule has 1 unspecified atom stereocenters. The number of hydrogen-bond acceptors (Lipinski definition) is 4. The molecule has 5 nitrogen and oxygen atoms in total. The van der Waals surface area contributed by atoms with Gasteiger partial charge in [0.05, 0.1) is 22.2 Å². The van der Waals surface area contributed by atoms with Gasteiger partial charge in [0, 0.05) is 12.7 Å². The second-order valence-electron chi connectivity index (χ2n) is 5.66. The van der Waals surface area contributed by atoms with Gasteiger partial charge in [0.25, 0.3) is 0 Å². The average molecular weight is 332 g/mol. The minimum Gasteiger partial charge on any atom is -0.390 e. The monoisotopic (exact) mass is 331 g/mol. The molecule has 2 rings (SSSR count). The number of aromatic nitrogens is 1. The van der Waals surface area contributed by atoms with Gasteiger partial charge in [-0.15, -0.1) is 0 Å². The van der Waals surface area contributed by atoms with Gasteiger partial charge in [0.1, 0.15) is 0 Å². The number of nitrogens with zero attached hydrogens (tertiary/aromatic N) is 2. The van der Waals surface area contributed by atoms with Crippen LogP contribution >= 0.6 is 23.2 Å². The van der Waals surface area contributed by atoms with Crippen molar-refractivity contribution in [2.24, 2.45) is 0 Å². The average Bonchev–Trinajstić information content (AvgIpc) is 2.54.